The number of halogens is 2. The van der Waals surface area contributed by atoms with Crippen LogP contribution in [0.2, 0.25) is 5.02 Å². The Labute approximate surface area is 117 Å². The molecule has 0 aliphatic heterocycles. The summed E-state index contributed by atoms with van der Waals surface area (Å²) in [6, 6.07) is 8.85. The molecule has 2 aromatic rings. The second-order valence-electron chi connectivity index (χ2n) is 4.45. The second-order valence-corrected chi connectivity index (χ2v) is 4.86. The summed E-state index contributed by atoms with van der Waals surface area (Å²) in [5, 5.41) is 3.34. The molecule has 2 nitrogen and oxygen atoms in total. The first-order valence-electron chi connectivity index (χ1n) is 6.33. The molecule has 102 valence electrons. The number of rotatable bonds is 5. The fourth-order valence-corrected chi connectivity index (χ4v) is 2.14. The van der Waals surface area contributed by atoms with Crippen molar-refractivity contribution in [1.29, 1.82) is 0 Å². The van der Waals surface area contributed by atoms with E-state index in [1.165, 1.54) is 6.07 Å². The first-order chi connectivity index (χ1) is 9.13. The monoisotopic (exact) mass is 281 g/mol. The van der Waals surface area contributed by atoms with Crippen LogP contribution in [0.4, 0.5) is 4.39 Å². The highest BCUT2D eigenvalue weighted by Crippen LogP contribution is 2.23. The zero-order valence-corrected chi connectivity index (χ0v) is 11.8. The first kappa shape index (κ1) is 14.1. The predicted octanol–water partition coefficient (Wildman–Crippen LogP) is 4.14. The fraction of sp³-hybridized carbons (Fsp3) is 0.333. The topological polar surface area (TPSA) is 25.2 Å². The molecule has 1 unspecified atom stereocenters. The highest BCUT2D eigenvalue weighted by atomic mass is 35.5. The number of likely N-dealkylation sites (N-methyl/N-ethyl adjacent to an activating group) is 1. The van der Waals surface area contributed by atoms with Crippen molar-refractivity contribution >= 4 is 11.6 Å². The van der Waals surface area contributed by atoms with Gasteiger partial charge in [0.1, 0.15) is 17.3 Å². The summed E-state index contributed by atoms with van der Waals surface area (Å²) in [5.41, 5.74) is 0.885. The van der Waals surface area contributed by atoms with Crippen molar-refractivity contribution in [2.75, 3.05) is 7.05 Å². The van der Waals surface area contributed by atoms with Crippen LogP contribution < -0.4 is 5.32 Å². The van der Waals surface area contributed by atoms with Gasteiger partial charge < -0.3 is 9.73 Å². The maximum Gasteiger partial charge on any atom is 0.142 e. The summed E-state index contributed by atoms with van der Waals surface area (Å²) < 4.78 is 19.1. The van der Waals surface area contributed by atoms with Gasteiger partial charge in [0.2, 0.25) is 0 Å². The van der Waals surface area contributed by atoms with Gasteiger partial charge in [0, 0.05) is 6.42 Å². The van der Waals surface area contributed by atoms with E-state index in [1.807, 2.05) is 32.2 Å². The Morgan fingerprint density at radius 3 is 2.68 bits per heavy atom. The van der Waals surface area contributed by atoms with Crippen LogP contribution in [0.5, 0.6) is 0 Å². The van der Waals surface area contributed by atoms with Crippen LogP contribution in [0.1, 0.15) is 30.0 Å². The Balaban J connectivity index is 2.16. The van der Waals surface area contributed by atoms with E-state index >= 15 is 0 Å². The number of aryl methyl sites for hydroxylation is 1. The minimum Gasteiger partial charge on any atom is -0.464 e. The Morgan fingerprint density at radius 1 is 1.32 bits per heavy atom. The number of nitrogens with one attached hydrogen (secondary N) is 1. The standard InChI is InChI=1S/C15H17ClFNO/c1-3-11-5-7-15(19-11)14(18-2)9-10-4-6-12(16)13(17)8-10/h4-8,14,18H,3,9H2,1-2H3. The lowest BCUT2D eigenvalue weighted by Crippen LogP contribution is -2.18. The van der Waals surface area contributed by atoms with Crippen molar-refractivity contribution in [2.24, 2.45) is 0 Å². The van der Waals surface area contributed by atoms with E-state index in [0.29, 0.717) is 6.42 Å². The quantitative estimate of drug-likeness (QED) is 0.891. The highest BCUT2D eigenvalue weighted by molar-refractivity contribution is 6.30. The summed E-state index contributed by atoms with van der Waals surface area (Å²) in [7, 11) is 1.87. The van der Waals surface area contributed by atoms with Gasteiger partial charge in [-0.3, -0.25) is 0 Å². The van der Waals surface area contributed by atoms with Crippen LogP contribution >= 0.6 is 11.6 Å². The van der Waals surface area contributed by atoms with Crippen molar-refractivity contribution in [3.8, 4) is 0 Å². The van der Waals surface area contributed by atoms with Crippen molar-refractivity contribution < 1.29 is 8.81 Å². The molecule has 0 amide bonds. The molecule has 0 radical (unpaired) electrons. The average molecular weight is 282 g/mol. The molecule has 1 heterocycles. The van der Waals surface area contributed by atoms with Crippen LogP contribution in [0.15, 0.2) is 34.7 Å². The molecule has 1 N–H and O–H groups in total. The predicted molar refractivity (Wildman–Crippen MR) is 75.0 cm³/mol. The summed E-state index contributed by atoms with van der Waals surface area (Å²) in [4.78, 5) is 0. The molecule has 1 aromatic heterocycles. The second kappa shape index (κ2) is 6.22. The molecule has 0 aliphatic carbocycles. The summed E-state index contributed by atoms with van der Waals surface area (Å²) in [5.74, 6) is 1.44. The van der Waals surface area contributed by atoms with Crippen molar-refractivity contribution in [1.82, 2.24) is 5.32 Å². The summed E-state index contributed by atoms with van der Waals surface area (Å²) in [6.45, 7) is 2.05. The third kappa shape index (κ3) is 3.37. The van der Waals surface area contributed by atoms with Crippen molar-refractivity contribution in [3.63, 3.8) is 0 Å². The van der Waals surface area contributed by atoms with Gasteiger partial charge in [0.15, 0.2) is 0 Å². The Morgan fingerprint density at radius 2 is 2.11 bits per heavy atom. The smallest absolute Gasteiger partial charge is 0.142 e. The van der Waals surface area contributed by atoms with Crippen LogP contribution in [0, 0.1) is 5.82 Å². The van der Waals surface area contributed by atoms with Gasteiger partial charge >= 0.3 is 0 Å². The molecule has 1 atom stereocenters. The lowest BCUT2D eigenvalue weighted by molar-refractivity contribution is 0.406. The molecule has 0 saturated heterocycles. The summed E-state index contributed by atoms with van der Waals surface area (Å²) >= 11 is 5.68. The molecular formula is C15H17ClFNO. The minimum atomic E-state index is -0.386. The molecule has 4 heteroatoms. The zero-order chi connectivity index (χ0) is 13.8. The van der Waals surface area contributed by atoms with Crippen LogP contribution in [-0.2, 0) is 12.8 Å². The lowest BCUT2D eigenvalue weighted by Gasteiger charge is -2.14. The van der Waals surface area contributed by atoms with Gasteiger partial charge in [0.05, 0.1) is 11.1 Å². The van der Waals surface area contributed by atoms with E-state index in [0.717, 1.165) is 23.5 Å². The number of hydrogen-bond acceptors (Lipinski definition) is 2. The lowest BCUT2D eigenvalue weighted by atomic mass is 10.0. The number of furan rings is 1. The zero-order valence-electron chi connectivity index (χ0n) is 11.0. The molecule has 19 heavy (non-hydrogen) atoms. The number of benzene rings is 1. The molecule has 0 saturated carbocycles. The SMILES string of the molecule is CCc1ccc(C(Cc2ccc(Cl)c(F)c2)NC)o1. The maximum atomic E-state index is 13.4. The Bertz CT molecular complexity index is 553. The Hall–Kier alpha value is -1.32. The molecule has 0 spiro atoms. The van der Waals surface area contributed by atoms with E-state index in [4.69, 9.17) is 16.0 Å². The van der Waals surface area contributed by atoms with E-state index < -0.39 is 0 Å². The van der Waals surface area contributed by atoms with Crippen LogP contribution in [0.3, 0.4) is 0 Å². The fourth-order valence-electron chi connectivity index (χ4n) is 2.02. The van der Waals surface area contributed by atoms with E-state index in [-0.39, 0.29) is 16.9 Å². The number of hydrogen-bond donors (Lipinski definition) is 1. The highest BCUT2D eigenvalue weighted by Gasteiger charge is 2.15. The van der Waals surface area contributed by atoms with Gasteiger partial charge in [-0.05, 0) is 43.3 Å². The van der Waals surface area contributed by atoms with Gasteiger partial charge in [0.25, 0.3) is 0 Å². The molecular weight excluding hydrogens is 265 g/mol. The van der Waals surface area contributed by atoms with E-state index in [2.05, 4.69) is 5.32 Å². The largest absolute Gasteiger partial charge is 0.464 e. The maximum absolute atomic E-state index is 13.4. The molecule has 1 aromatic carbocycles. The molecule has 2 rings (SSSR count). The third-order valence-electron chi connectivity index (χ3n) is 3.15. The van der Waals surface area contributed by atoms with Crippen LogP contribution in [-0.4, -0.2) is 7.05 Å². The normalized spacial score (nSPS) is 12.6. The van der Waals surface area contributed by atoms with Crippen molar-refractivity contribution in [2.45, 2.75) is 25.8 Å². The molecule has 0 fully saturated rings. The Kier molecular flexibility index (Phi) is 4.61. The van der Waals surface area contributed by atoms with Gasteiger partial charge in [-0.1, -0.05) is 24.6 Å². The average Bonchev–Trinajstić information content (AvgIpc) is 2.88. The van der Waals surface area contributed by atoms with Gasteiger partial charge in [-0.25, -0.2) is 4.39 Å². The minimum absolute atomic E-state index is 0.0286. The summed E-state index contributed by atoms with van der Waals surface area (Å²) in [6.07, 6.45) is 1.52. The third-order valence-corrected chi connectivity index (χ3v) is 3.45. The molecule has 0 aliphatic rings. The van der Waals surface area contributed by atoms with Crippen molar-refractivity contribution in [3.05, 3.63) is 58.3 Å². The molecule has 0 bridgehead atoms. The van der Waals surface area contributed by atoms with Gasteiger partial charge in [-0.2, -0.15) is 0 Å². The first-order valence-corrected chi connectivity index (χ1v) is 6.71. The van der Waals surface area contributed by atoms with E-state index in [1.54, 1.807) is 6.07 Å². The van der Waals surface area contributed by atoms with Gasteiger partial charge in [-0.15, -0.1) is 0 Å². The van der Waals surface area contributed by atoms with E-state index in [9.17, 15) is 4.39 Å². The van der Waals surface area contributed by atoms with Crippen LogP contribution in [0.25, 0.3) is 0 Å².